The van der Waals surface area contributed by atoms with Crippen LogP contribution in [-0.2, 0) is 10.1 Å². The molecule has 0 radical (unpaired) electrons. The summed E-state index contributed by atoms with van der Waals surface area (Å²) in [5.41, 5.74) is 0. The Kier molecular flexibility index (Phi) is 19.5. The maximum absolute atomic E-state index is 11.0. The zero-order valence-electron chi connectivity index (χ0n) is 16.1. The van der Waals surface area contributed by atoms with E-state index in [9.17, 15) is 18.1 Å². The van der Waals surface area contributed by atoms with Crippen molar-refractivity contribution < 1.29 is 47.6 Å². The molecule has 0 aliphatic rings. The maximum atomic E-state index is 11.0. The van der Waals surface area contributed by atoms with Gasteiger partial charge in [-0.1, -0.05) is 78.1 Å². The molecule has 0 rings (SSSR count). The van der Waals surface area contributed by atoms with Crippen LogP contribution in [0, 0.1) is 0 Å². The molecule has 0 aliphatic carbocycles. The minimum Gasteiger partial charge on any atom is -0.748 e. The van der Waals surface area contributed by atoms with Gasteiger partial charge in [-0.2, -0.15) is 0 Å². The predicted molar refractivity (Wildman–Crippen MR) is 95.5 cm³/mol. The van der Waals surface area contributed by atoms with E-state index in [2.05, 4.69) is 6.92 Å². The smallest absolute Gasteiger partial charge is 0.748 e. The molecule has 6 heteroatoms. The van der Waals surface area contributed by atoms with Crippen molar-refractivity contribution in [2.24, 2.45) is 0 Å². The van der Waals surface area contributed by atoms with E-state index >= 15 is 0 Å². The van der Waals surface area contributed by atoms with Crippen molar-refractivity contribution in [2.45, 2.75) is 115 Å². The molecule has 0 aromatic rings. The number of hydrogen-bond acceptors (Lipinski definition) is 4. The quantitative estimate of drug-likeness (QED) is 0.254. The van der Waals surface area contributed by atoms with Gasteiger partial charge in [0.15, 0.2) is 0 Å². The monoisotopic (exact) mass is 372 g/mol. The number of aliphatic hydroxyl groups excluding tert-OH is 1. The van der Waals surface area contributed by atoms with Crippen LogP contribution >= 0.6 is 0 Å². The van der Waals surface area contributed by atoms with Crippen LogP contribution in [-0.4, -0.2) is 29.4 Å². The Morgan fingerprint density at radius 1 is 0.792 bits per heavy atom. The van der Waals surface area contributed by atoms with E-state index in [0.29, 0.717) is 12.8 Å². The summed E-state index contributed by atoms with van der Waals surface area (Å²) in [6, 6.07) is 0. The van der Waals surface area contributed by atoms with Crippen LogP contribution in [0.25, 0.3) is 0 Å². The first-order valence-electron chi connectivity index (χ1n) is 9.54. The molecule has 2 atom stereocenters. The summed E-state index contributed by atoms with van der Waals surface area (Å²) in [5.74, 6) is 0. The molecule has 24 heavy (non-hydrogen) atoms. The summed E-state index contributed by atoms with van der Waals surface area (Å²) in [6.45, 7) is 3.96. The van der Waals surface area contributed by atoms with Crippen LogP contribution in [0.3, 0.4) is 0 Å². The van der Waals surface area contributed by atoms with Crippen molar-refractivity contribution in [2.75, 3.05) is 0 Å². The molecule has 2 unspecified atom stereocenters. The van der Waals surface area contributed by atoms with E-state index in [-0.39, 0.29) is 35.7 Å². The molecular formula is C18H37NaO4S. The molecular weight excluding hydrogens is 335 g/mol. The van der Waals surface area contributed by atoms with Gasteiger partial charge >= 0.3 is 29.6 Å². The molecule has 140 valence electrons. The predicted octanol–water partition coefficient (Wildman–Crippen LogP) is 1.77. The third kappa shape index (κ3) is 16.3. The molecule has 0 heterocycles. The maximum Gasteiger partial charge on any atom is 1.00 e. The summed E-state index contributed by atoms with van der Waals surface area (Å²) in [7, 11) is -4.13. The molecule has 0 saturated carbocycles. The summed E-state index contributed by atoms with van der Waals surface area (Å²) < 4.78 is 32.9. The van der Waals surface area contributed by atoms with Crippen molar-refractivity contribution in [3.05, 3.63) is 0 Å². The largest absolute Gasteiger partial charge is 1.00 e. The molecule has 0 aromatic heterocycles. The van der Waals surface area contributed by atoms with Crippen molar-refractivity contribution in [3.8, 4) is 0 Å². The molecule has 0 fully saturated rings. The first-order valence-corrected chi connectivity index (χ1v) is 11.0. The number of unbranched alkanes of at least 4 members (excludes halogenated alkanes) is 8. The van der Waals surface area contributed by atoms with E-state index in [1.54, 1.807) is 6.92 Å². The van der Waals surface area contributed by atoms with Crippen molar-refractivity contribution in [1.82, 2.24) is 0 Å². The van der Waals surface area contributed by atoms with Crippen molar-refractivity contribution in [3.63, 3.8) is 0 Å². The van der Waals surface area contributed by atoms with Gasteiger partial charge in [-0.05, 0) is 25.7 Å². The second-order valence-corrected chi connectivity index (χ2v) is 8.38. The molecule has 0 aromatic carbocycles. The summed E-state index contributed by atoms with van der Waals surface area (Å²) >= 11 is 0. The van der Waals surface area contributed by atoms with E-state index in [1.165, 1.54) is 32.1 Å². The fraction of sp³-hybridized carbons (Fsp3) is 1.00. The molecule has 0 bridgehead atoms. The second kappa shape index (κ2) is 17.3. The van der Waals surface area contributed by atoms with Crippen LogP contribution in [0.4, 0.5) is 0 Å². The van der Waals surface area contributed by atoms with Crippen molar-refractivity contribution >= 4 is 10.1 Å². The Bertz CT molecular complexity index is 360. The Labute approximate surface area is 172 Å². The zero-order chi connectivity index (χ0) is 17.6. The molecule has 0 amide bonds. The number of aliphatic hydroxyl groups is 1. The zero-order valence-corrected chi connectivity index (χ0v) is 19.0. The minimum absolute atomic E-state index is 0. The third-order valence-electron chi connectivity index (χ3n) is 4.57. The molecule has 0 spiro atoms. The molecule has 1 N–H and O–H groups in total. The van der Waals surface area contributed by atoms with Crippen LogP contribution in [0.1, 0.15) is 104 Å². The SMILES string of the molecule is CCCCCCCCC(O)CCCCCCC(CC)S(=O)(=O)[O-].[Na+]. The Morgan fingerprint density at radius 3 is 1.62 bits per heavy atom. The molecule has 0 aliphatic heterocycles. The average molecular weight is 373 g/mol. The number of hydrogen-bond donors (Lipinski definition) is 1. The standard InChI is InChI=1S/C18H38O4S.Na/c1-3-5-6-7-8-11-14-17(19)15-12-9-10-13-16-18(4-2)23(20,21)22;/h17-19H,3-16H2,1-2H3,(H,20,21,22);/q;+1/p-1. The average Bonchev–Trinajstić information content (AvgIpc) is 2.48. The summed E-state index contributed by atoms with van der Waals surface area (Å²) in [6.07, 6.45) is 13.7. The fourth-order valence-corrected chi connectivity index (χ4v) is 3.83. The van der Waals surface area contributed by atoms with Gasteiger partial charge in [0, 0.05) is 5.25 Å². The topological polar surface area (TPSA) is 77.4 Å². The van der Waals surface area contributed by atoms with Gasteiger partial charge in [-0.15, -0.1) is 0 Å². The molecule has 4 nitrogen and oxygen atoms in total. The fourth-order valence-electron chi connectivity index (χ4n) is 2.96. The van der Waals surface area contributed by atoms with Gasteiger partial charge in [-0.25, -0.2) is 8.42 Å². The van der Waals surface area contributed by atoms with Gasteiger partial charge in [0.2, 0.25) is 0 Å². The third-order valence-corrected chi connectivity index (χ3v) is 5.95. The van der Waals surface area contributed by atoms with E-state index in [4.69, 9.17) is 0 Å². The van der Waals surface area contributed by atoms with Crippen LogP contribution in [0.5, 0.6) is 0 Å². The van der Waals surface area contributed by atoms with Crippen LogP contribution in [0.2, 0.25) is 0 Å². The van der Waals surface area contributed by atoms with Gasteiger partial charge in [-0.3, -0.25) is 0 Å². The summed E-state index contributed by atoms with van der Waals surface area (Å²) in [5, 5.41) is 9.20. The molecule has 0 saturated heterocycles. The Balaban J connectivity index is 0. The second-order valence-electron chi connectivity index (χ2n) is 6.72. The number of rotatable bonds is 16. The van der Waals surface area contributed by atoms with Crippen molar-refractivity contribution in [1.29, 1.82) is 0 Å². The van der Waals surface area contributed by atoms with Gasteiger partial charge in [0.25, 0.3) is 0 Å². The van der Waals surface area contributed by atoms with Crippen LogP contribution in [0.15, 0.2) is 0 Å². The van der Waals surface area contributed by atoms with Gasteiger partial charge < -0.3 is 9.66 Å². The summed E-state index contributed by atoms with van der Waals surface area (Å²) in [4.78, 5) is 0. The van der Waals surface area contributed by atoms with E-state index in [1.807, 2.05) is 0 Å². The van der Waals surface area contributed by atoms with E-state index in [0.717, 1.165) is 44.9 Å². The Morgan fingerprint density at radius 2 is 1.21 bits per heavy atom. The minimum atomic E-state index is -4.13. The van der Waals surface area contributed by atoms with Gasteiger partial charge in [0.1, 0.15) is 0 Å². The Hall–Kier alpha value is 0.870. The van der Waals surface area contributed by atoms with E-state index < -0.39 is 15.4 Å². The first-order chi connectivity index (χ1) is 10.9. The van der Waals surface area contributed by atoms with Gasteiger partial charge in [0.05, 0.1) is 16.2 Å². The first kappa shape index (κ1) is 27.1. The van der Waals surface area contributed by atoms with Crippen LogP contribution < -0.4 is 29.6 Å². The normalized spacial score (nSPS) is 14.2.